The number of ether oxygens (including phenoxy) is 1. The molecular weight excluding hydrogens is 214 g/mol. The molecule has 0 aliphatic rings. The number of hydrogen-bond donors (Lipinski definition) is 1. The van der Waals surface area contributed by atoms with E-state index in [1.807, 2.05) is 13.0 Å². The molecule has 1 rings (SSSR count). The summed E-state index contributed by atoms with van der Waals surface area (Å²) in [5.74, 6) is 0.847. The van der Waals surface area contributed by atoms with Gasteiger partial charge in [-0.05, 0) is 19.4 Å². The Kier molecular flexibility index (Phi) is 6.63. The molecule has 0 bridgehead atoms. The zero-order valence-corrected chi connectivity index (χ0v) is 10.9. The van der Waals surface area contributed by atoms with E-state index in [0.717, 1.165) is 24.3 Å². The second-order valence-electron chi connectivity index (χ2n) is 4.30. The molecule has 0 radical (unpaired) electrons. The topological polar surface area (TPSA) is 42.4 Å². The van der Waals surface area contributed by atoms with Gasteiger partial charge in [0.1, 0.15) is 5.75 Å². The summed E-state index contributed by atoms with van der Waals surface area (Å²) in [5, 5.41) is 9.09. The number of hydrogen-bond acceptors (Lipinski definition) is 3. The third-order valence-corrected chi connectivity index (χ3v) is 2.91. The predicted octanol–water partition coefficient (Wildman–Crippen LogP) is 3.23. The van der Waals surface area contributed by atoms with Crippen LogP contribution in [0.1, 0.15) is 50.3 Å². The highest BCUT2D eigenvalue weighted by atomic mass is 16.5. The molecule has 1 aromatic rings. The number of aliphatic hydroxyl groups is 1. The van der Waals surface area contributed by atoms with Gasteiger partial charge >= 0.3 is 0 Å². The van der Waals surface area contributed by atoms with Crippen molar-refractivity contribution in [1.29, 1.82) is 0 Å². The van der Waals surface area contributed by atoms with Crippen LogP contribution in [0.5, 0.6) is 5.75 Å². The van der Waals surface area contributed by atoms with Gasteiger partial charge in [-0.2, -0.15) is 0 Å². The van der Waals surface area contributed by atoms with E-state index in [1.54, 1.807) is 6.20 Å². The van der Waals surface area contributed by atoms with Gasteiger partial charge in [-0.3, -0.25) is 4.98 Å². The van der Waals surface area contributed by atoms with Crippen molar-refractivity contribution >= 4 is 0 Å². The molecule has 0 aliphatic carbocycles. The predicted molar refractivity (Wildman–Crippen MR) is 69.2 cm³/mol. The molecule has 0 fully saturated rings. The van der Waals surface area contributed by atoms with Crippen LogP contribution in [0, 0.1) is 6.92 Å². The van der Waals surface area contributed by atoms with Crippen LogP contribution < -0.4 is 4.74 Å². The van der Waals surface area contributed by atoms with Gasteiger partial charge in [0.2, 0.25) is 0 Å². The lowest BCUT2D eigenvalue weighted by atomic mass is 10.1. The lowest BCUT2D eigenvalue weighted by Gasteiger charge is -2.10. The summed E-state index contributed by atoms with van der Waals surface area (Å²) in [6.45, 7) is 4.87. The Hall–Kier alpha value is -1.09. The van der Waals surface area contributed by atoms with Gasteiger partial charge in [-0.15, -0.1) is 0 Å². The van der Waals surface area contributed by atoms with Gasteiger partial charge in [-0.25, -0.2) is 0 Å². The first-order chi connectivity index (χ1) is 8.29. The molecule has 0 aliphatic heterocycles. The van der Waals surface area contributed by atoms with Crippen molar-refractivity contribution in [3.8, 4) is 5.75 Å². The third kappa shape index (κ3) is 4.73. The van der Waals surface area contributed by atoms with Gasteiger partial charge in [0.15, 0.2) is 0 Å². The second-order valence-corrected chi connectivity index (χ2v) is 4.30. The van der Waals surface area contributed by atoms with E-state index in [9.17, 15) is 0 Å². The molecule has 1 heterocycles. The largest absolute Gasteiger partial charge is 0.493 e. The van der Waals surface area contributed by atoms with E-state index >= 15 is 0 Å². The van der Waals surface area contributed by atoms with E-state index in [-0.39, 0.29) is 6.61 Å². The maximum Gasteiger partial charge on any atom is 0.125 e. The zero-order valence-electron chi connectivity index (χ0n) is 10.9. The van der Waals surface area contributed by atoms with Crippen molar-refractivity contribution in [2.24, 2.45) is 0 Å². The summed E-state index contributed by atoms with van der Waals surface area (Å²) in [6.07, 6.45) is 7.87. The zero-order chi connectivity index (χ0) is 12.5. The van der Waals surface area contributed by atoms with Gasteiger partial charge in [0.25, 0.3) is 0 Å². The molecule has 17 heavy (non-hydrogen) atoms. The number of pyridine rings is 1. The maximum absolute atomic E-state index is 9.09. The van der Waals surface area contributed by atoms with Crippen molar-refractivity contribution in [3.63, 3.8) is 0 Å². The molecule has 0 aromatic carbocycles. The van der Waals surface area contributed by atoms with Gasteiger partial charge < -0.3 is 9.84 Å². The molecule has 0 spiro atoms. The minimum atomic E-state index is -0.0282. The summed E-state index contributed by atoms with van der Waals surface area (Å²) in [5.41, 5.74) is 1.65. The van der Waals surface area contributed by atoms with Gasteiger partial charge in [0, 0.05) is 11.8 Å². The van der Waals surface area contributed by atoms with Crippen molar-refractivity contribution in [1.82, 2.24) is 4.98 Å². The quantitative estimate of drug-likeness (QED) is 0.706. The van der Waals surface area contributed by atoms with Crippen LogP contribution in [-0.4, -0.2) is 16.7 Å². The lowest BCUT2D eigenvalue weighted by molar-refractivity contribution is 0.271. The minimum absolute atomic E-state index is 0.0282. The molecule has 0 amide bonds. The summed E-state index contributed by atoms with van der Waals surface area (Å²) in [7, 11) is 0. The van der Waals surface area contributed by atoms with E-state index in [1.165, 1.54) is 25.7 Å². The third-order valence-electron chi connectivity index (χ3n) is 2.91. The average molecular weight is 237 g/mol. The lowest BCUT2D eigenvalue weighted by Crippen LogP contribution is -2.02. The number of aromatic nitrogens is 1. The molecular formula is C14H23NO2. The van der Waals surface area contributed by atoms with Crippen LogP contribution in [0.2, 0.25) is 0 Å². The molecule has 3 nitrogen and oxygen atoms in total. The smallest absolute Gasteiger partial charge is 0.125 e. The van der Waals surface area contributed by atoms with Crippen molar-refractivity contribution < 1.29 is 9.84 Å². The molecule has 96 valence electrons. The summed E-state index contributed by atoms with van der Waals surface area (Å²) >= 11 is 0. The maximum atomic E-state index is 9.09. The Bertz CT molecular complexity index is 326. The fraction of sp³-hybridized carbons (Fsp3) is 0.643. The molecule has 0 saturated heterocycles. The first kappa shape index (κ1) is 14.0. The highest BCUT2D eigenvalue weighted by Crippen LogP contribution is 2.19. The number of unbranched alkanes of at least 4 members (excludes halogenated alkanes) is 4. The summed E-state index contributed by atoms with van der Waals surface area (Å²) < 4.78 is 5.71. The van der Waals surface area contributed by atoms with Crippen LogP contribution in [0.3, 0.4) is 0 Å². The van der Waals surface area contributed by atoms with Gasteiger partial charge in [0.05, 0.1) is 18.9 Å². The van der Waals surface area contributed by atoms with Crippen LogP contribution in [-0.2, 0) is 6.61 Å². The van der Waals surface area contributed by atoms with Crippen molar-refractivity contribution in [3.05, 3.63) is 23.5 Å². The minimum Gasteiger partial charge on any atom is -0.493 e. The Labute approximate surface area is 104 Å². The second kappa shape index (κ2) is 8.07. The number of nitrogens with zero attached hydrogens (tertiary/aromatic N) is 1. The SMILES string of the molecule is CCCCCCCOc1ccnc(CO)c1C. The molecule has 0 saturated carbocycles. The van der Waals surface area contributed by atoms with Gasteiger partial charge in [-0.1, -0.05) is 32.6 Å². The Balaban J connectivity index is 2.31. The molecule has 3 heteroatoms. The van der Waals surface area contributed by atoms with E-state index in [2.05, 4.69) is 11.9 Å². The summed E-state index contributed by atoms with van der Waals surface area (Å²) in [6, 6.07) is 1.86. The highest BCUT2D eigenvalue weighted by Gasteiger charge is 2.04. The molecule has 0 atom stereocenters. The number of rotatable bonds is 8. The molecule has 0 unspecified atom stereocenters. The molecule has 1 aromatic heterocycles. The number of aliphatic hydroxyl groups excluding tert-OH is 1. The van der Waals surface area contributed by atoms with E-state index in [0.29, 0.717) is 5.69 Å². The Morgan fingerprint density at radius 1 is 1.24 bits per heavy atom. The first-order valence-corrected chi connectivity index (χ1v) is 6.47. The van der Waals surface area contributed by atoms with E-state index in [4.69, 9.17) is 9.84 Å². The standard InChI is InChI=1S/C14H23NO2/c1-3-4-5-6-7-10-17-14-8-9-15-13(11-16)12(14)2/h8-9,16H,3-7,10-11H2,1-2H3. The van der Waals surface area contributed by atoms with Crippen molar-refractivity contribution in [2.75, 3.05) is 6.61 Å². The van der Waals surface area contributed by atoms with Crippen LogP contribution in [0.15, 0.2) is 12.3 Å². The van der Waals surface area contributed by atoms with Crippen LogP contribution in [0.25, 0.3) is 0 Å². The van der Waals surface area contributed by atoms with Crippen molar-refractivity contribution in [2.45, 2.75) is 52.6 Å². The summed E-state index contributed by atoms with van der Waals surface area (Å²) in [4.78, 5) is 4.10. The first-order valence-electron chi connectivity index (χ1n) is 6.47. The fourth-order valence-corrected chi connectivity index (χ4v) is 1.76. The van der Waals surface area contributed by atoms with E-state index < -0.39 is 0 Å². The Morgan fingerprint density at radius 2 is 2.00 bits per heavy atom. The normalized spacial score (nSPS) is 10.5. The van der Waals surface area contributed by atoms with Crippen LogP contribution >= 0.6 is 0 Å². The van der Waals surface area contributed by atoms with Crippen LogP contribution in [0.4, 0.5) is 0 Å². The monoisotopic (exact) mass is 237 g/mol. The molecule has 1 N–H and O–H groups in total. The Morgan fingerprint density at radius 3 is 2.71 bits per heavy atom. The fourth-order valence-electron chi connectivity index (χ4n) is 1.76. The highest BCUT2D eigenvalue weighted by molar-refractivity contribution is 5.34. The average Bonchev–Trinajstić information content (AvgIpc) is 2.35.